The lowest BCUT2D eigenvalue weighted by Gasteiger charge is -2.33. The van der Waals surface area contributed by atoms with Gasteiger partial charge in [-0.05, 0) is 38.2 Å². The molecule has 0 bridgehead atoms. The zero-order valence-corrected chi connectivity index (χ0v) is 15.4. The number of sulfonamides is 1. The van der Waals surface area contributed by atoms with Crippen LogP contribution >= 0.6 is 0 Å². The molecule has 0 unspecified atom stereocenters. The lowest BCUT2D eigenvalue weighted by Crippen LogP contribution is -2.50. The van der Waals surface area contributed by atoms with Crippen molar-refractivity contribution < 1.29 is 17.9 Å². The van der Waals surface area contributed by atoms with Gasteiger partial charge < -0.3 is 14.5 Å². The minimum Gasteiger partial charge on any atom is -0.481 e. The average Bonchev–Trinajstić information content (AvgIpc) is 2.54. The molecule has 0 spiro atoms. The molecule has 1 heterocycles. The average molecular weight is 355 g/mol. The molecule has 1 fully saturated rings. The number of rotatable bonds is 5. The number of carbonyl (C=O) groups is 1. The van der Waals surface area contributed by atoms with Crippen LogP contribution in [0.3, 0.4) is 0 Å². The van der Waals surface area contributed by atoms with Gasteiger partial charge in [0.05, 0.1) is 11.9 Å². The number of benzene rings is 1. The summed E-state index contributed by atoms with van der Waals surface area (Å²) in [6, 6.07) is 6.66. The number of hydrogen-bond donors (Lipinski definition) is 0. The number of hydrogen-bond acceptors (Lipinski definition) is 5. The van der Waals surface area contributed by atoms with Crippen LogP contribution in [0.15, 0.2) is 24.3 Å². The monoisotopic (exact) mass is 355 g/mol. The van der Waals surface area contributed by atoms with Crippen LogP contribution in [0.25, 0.3) is 0 Å². The summed E-state index contributed by atoms with van der Waals surface area (Å²) in [5.74, 6) is 0.510. The van der Waals surface area contributed by atoms with Gasteiger partial charge in [-0.25, -0.2) is 8.42 Å². The third-order valence-electron chi connectivity index (χ3n) is 4.17. The summed E-state index contributed by atoms with van der Waals surface area (Å²) in [6.07, 6.45) is 0.570. The van der Waals surface area contributed by atoms with Crippen molar-refractivity contribution in [2.75, 3.05) is 50.8 Å². The van der Waals surface area contributed by atoms with Crippen LogP contribution in [-0.4, -0.2) is 76.8 Å². The molecule has 1 aliphatic heterocycles. The predicted molar refractivity (Wildman–Crippen MR) is 93.9 cm³/mol. The van der Waals surface area contributed by atoms with Crippen molar-refractivity contribution in [1.29, 1.82) is 0 Å². The van der Waals surface area contributed by atoms with E-state index in [-0.39, 0.29) is 5.91 Å². The summed E-state index contributed by atoms with van der Waals surface area (Å²) in [5.41, 5.74) is 0.544. The molecule has 1 aromatic rings. The molecule has 0 saturated carbocycles. The Labute approximate surface area is 143 Å². The number of nitrogens with zero attached hydrogens (tertiary/aromatic N) is 3. The molecule has 8 heteroatoms. The highest BCUT2D eigenvalue weighted by atomic mass is 32.2. The molecule has 1 aromatic carbocycles. The lowest BCUT2D eigenvalue weighted by molar-refractivity contribution is -0.139. The van der Waals surface area contributed by atoms with Crippen LogP contribution in [0.1, 0.15) is 6.92 Å². The topological polar surface area (TPSA) is 70.2 Å². The molecule has 2 rings (SSSR count). The minimum absolute atomic E-state index is 0.0274. The number of carbonyl (C=O) groups excluding carboxylic acids is 1. The van der Waals surface area contributed by atoms with Gasteiger partial charge in [0, 0.05) is 33.2 Å². The molecule has 0 N–H and O–H groups in total. The van der Waals surface area contributed by atoms with Crippen molar-refractivity contribution in [3.05, 3.63) is 24.3 Å². The quantitative estimate of drug-likeness (QED) is 0.775. The third-order valence-corrected chi connectivity index (χ3v) is 5.38. The second kappa shape index (κ2) is 7.40. The summed E-state index contributed by atoms with van der Waals surface area (Å²) in [4.78, 5) is 16.4. The first-order valence-corrected chi connectivity index (χ1v) is 9.71. The van der Waals surface area contributed by atoms with Crippen LogP contribution in [0.5, 0.6) is 5.75 Å². The molecule has 1 amide bonds. The first kappa shape index (κ1) is 18.5. The number of amides is 1. The van der Waals surface area contributed by atoms with E-state index < -0.39 is 16.1 Å². The van der Waals surface area contributed by atoms with Crippen LogP contribution < -0.4 is 9.04 Å². The molecule has 0 aromatic heterocycles. The maximum atomic E-state index is 12.4. The highest BCUT2D eigenvalue weighted by molar-refractivity contribution is 7.92. The van der Waals surface area contributed by atoms with E-state index in [1.807, 2.05) is 11.9 Å². The van der Waals surface area contributed by atoms with E-state index in [9.17, 15) is 13.2 Å². The van der Waals surface area contributed by atoms with E-state index in [0.29, 0.717) is 24.5 Å². The number of likely N-dealkylation sites (N-methyl/N-ethyl adjacent to an activating group) is 1. The van der Waals surface area contributed by atoms with Crippen molar-refractivity contribution in [3.8, 4) is 5.75 Å². The van der Waals surface area contributed by atoms with Crippen molar-refractivity contribution in [2.24, 2.45) is 0 Å². The molecule has 134 valence electrons. The van der Waals surface area contributed by atoms with Crippen LogP contribution in [0, 0.1) is 0 Å². The second-order valence-corrected chi connectivity index (χ2v) is 8.13. The SMILES string of the molecule is C[C@@H](Oc1ccc(N(C)S(C)(=O)=O)cc1)C(=O)N1CCN(C)CC1. The smallest absolute Gasteiger partial charge is 0.263 e. The number of anilines is 1. The number of piperazine rings is 1. The molecule has 1 aliphatic rings. The Bertz CT molecular complexity index is 667. The minimum atomic E-state index is -3.30. The Morgan fingerprint density at radius 1 is 1.17 bits per heavy atom. The summed E-state index contributed by atoms with van der Waals surface area (Å²) in [5, 5.41) is 0. The molecule has 7 nitrogen and oxygen atoms in total. The zero-order valence-electron chi connectivity index (χ0n) is 14.6. The first-order chi connectivity index (χ1) is 11.2. The van der Waals surface area contributed by atoms with Gasteiger partial charge >= 0.3 is 0 Å². The molecule has 24 heavy (non-hydrogen) atoms. The van der Waals surface area contributed by atoms with Gasteiger partial charge in [0.2, 0.25) is 10.0 Å². The normalized spacial score (nSPS) is 17.4. The Hall–Kier alpha value is -1.80. The van der Waals surface area contributed by atoms with Crippen molar-refractivity contribution >= 4 is 21.6 Å². The van der Waals surface area contributed by atoms with Gasteiger partial charge in [-0.15, -0.1) is 0 Å². The highest BCUT2D eigenvalue weighted by Crippen LogP contribution is 2.21. The fourth-order valence-electron chi connectivity index (χ4n) is 2.46. The van der Waals surface area contributed by atoms with Crippen molar-refractivity contribution in [1.82, 2.24) is 9.80 Å². The van der Waals surface area contributed by atoms with E-state index in [2.05, 4.69) is 4.90 Å². The first-order valence-electron chi connectivity index (χ1n) is 7.86. The Kier molecular flexibility index (Phi) is 5.71. The van der Waals surface area contributed by atoms with Crippen LogP contribution in [0.2, 0.25) is 0 Å². The van der Waals surface area contributed by atoms with Crippen molar-refractivity contribution in [2.45, 2.75) is 13.0 Å². The summed E-state index contributed by atoms with van der Waals surface area (Å²) in [7, 11) is 0.233. The Balaban J connectivity index is 1.96. The predicted octanol–water partition coefficient (Wildman–Crippen LogP) is 0.624. The second-order valence-electron chi connectivity index (χ2n) is 6.11. The third kappa shape index (κ3) is 4.61. The lowest BCUT2D eigenvalue weighted by atomic mass is 10.2. The maximum absolute atomic E-state index is 12.4. The maximum Gasteiger partial charge on any atom is 0.263 e. The van der Waals surface area contributed by atoms with Gasteiger partial charge in [-0.1, -0.05) is 0 Å². The largest absolute Gasteiger partial charge is 0.481 e. The van der Waals surface area contributed by atoms with Gasteiger partial charge in [-0.3, -0.25) is 9.10 Å². The fourth-order valence-corrected chi connectivity index (χ4v) is 2.97. The fraction of sp³-hybridized carbons (Fsp3) is 0.562. The Morgan fingerprint density at radius 2 is 1.71 bits per heavy atom. The molecular formula is C16H25N3O4S. The van der Waals surface area contributed by atoms with Crippen LogP contribution in [0.4, 0.5) is 5.69 Å². The summed E-state index contributed by atoms with van der Waals surface area (Å²) >= 11 is 0. The van der Waals surface area contributed by atoms with E-state index in [0.717, 1.165) is 19.3 Å². The summed E-state index contributed by atoms with van der Waals surface area (Å²) < 4.78 is 29.9. The molecule has 1 saturated heterocycles. The molecule has 1 atom stereocenters. The van der Waals surface area contributed by atoms with E-state index >= 15 is 0 Å². The van der Waals surface area contributed by atoms with E-state index in [1.165, 1.54) is 11.4 Å². The zero-order chi connectivity index (χ0) is 17.9. The highest BCUT2D eigenvalue weighted by Gasteiger charge is 2.25. The van der Waals surface area contributed by atoms with Gasteiger partial charge in [0.25, 0.3) is 5.91 Å². The summed E-state index contributed by atoms with van der Waals surface area (Å²) in [6.45, 7) is 4.88. The van der Waals surface area contributed by atoms with Gasteiger partial charge in [-0.2, -0.15) is 0 Å². The molecule has 0 aliphatic carbocycles. The van der Waals surface area contributed by atoms with E-state index in [4.69, 9.17) is 4.74 Å². The standard InChI is InChI=1S/C16H25N3O4S/c1-13(16(20)19-11-9-17(2)10-12-19)23-15-7-5-14(6-8-15)18(3)24(4,21)22/h5-8,13H,9-12H2,1-4H3/t13-/m1/s1. The Morgan fingerprint density at radius 3 is 2.21 bits per heavy atom. The van der Waals surface area contributed by atoms with Gasteiger partial charge in [0.15, 0.2) is 6.10 Å². The van der Waals surface area contributed by atoms with E-state index in [1.54, 1.807) is 31.2 Å². The number of ether oxygens (including phenoxy) is 1. The van der Waals surface area contributed by atoms with Crippen molar-refractivity contribution in [3.63, 3.8) is 0 Å². The van der Waals surface area contributed by atoms with Gasteiger partial charge in [0.1, 0.15) is 5.75 Å². The van der Waals surface area contributed by atoms with Crippen LogP contribution in [-0.2, 0) is 14.8 Å². The molecular weight excluding hydrogens is 330 g/mol. The molecule has 0 radical (unpaired) electrons.